The molecule has 9 nitrogen and oxygen atoms in total. The summed E-state index contributed by atoms with van der Waals surface area (Å²) < 4.78 is 22.2. The largest absolute Gasteiger partial charge is 0.490 e. The third-order valence-corrected chi connectivity index (χ3v) is 4.95. The topological polar surface area (TPSA) is 112 Å². The molecule has 0 heterocycles. The van der Waals surface area contributed by atoms with E-state index in [1.807, 2.05) is 20.8 Å². The van der Waals surface area contributed by atoms with Crippen LogP contribution in [0.25, 0.3) is 0 Å². The standard InChI is InChI=1S/C28H30N2O7/c1-5-34-24-16-20(17-25(35-6-2)26(24)36-7-3)28(33)30-23-14-9-8-13-22(23)29-27(32)19-11-10-12-21(15-19)37-18(4)31/h8-17H,5-7H2,1-4H3,(H,29,32)(H,30,33). The Morgan fingerprint density at radius 1 is 0.676 bits per heavy atom. The maximum atomic E-state index is 13.2. The fraction of sp³-hybridized carbons (Fsp3) is 0.250. The van der Waals surface area contributed by atoms with E-state index in [1.54, 1.807) is 54.6 Å². The molecule has 2 N–H and O–H groups in total. The summed E-state index contributed by atoms with van der Waals surface area (Å²) in [5.41, 5.74) is 1.36. The van der Waals surface area contributed by atoms with Crippen molar-refractivity contribution in [2.45, 2.75) is 27.7 Å². The summed E-state index contributed by atoms with van der Waals surface area (Å²) in [7, 11) is 0. The van der Waals surface area contributed by atoms with E-state index in [0.717, 1.165) is 0 Å². The number of hydrogen-bond acceptors (Lipinski definition) is 7. The average Bonchev–Trinajstić information content (AvgIpc) is 2.87. The molecule has 0 unspecified atom stereocenters. The zero-order valence-corrected chi connectivity index (χ0v) is 21.3. The summed E-state index contributed by atoms with van der Waals surface area (Å²) >= 11 is 0. The van der Waals surface area contributed by atoms with Gasteiger partial charge in [-0.3, -0.25) is 14.4 Å². The van der Waals surface area contributed by atoms with Crippen molar-refractivity contribution in [3.8, 4) is 23.0 Å². The number of rotatable bonds is 11. The van der Waals surface area contributed by atoms with Crippen molar-refractivity contribution < 1.29 is 33.3 Å². The Balaban J connectivity index is 1.85. The van der Waals surface area contributed by atoms with Crippen LogP contribution in [0.3, 0.4) is 0 Å². The number of ether oxygens (including phenoxy) is 4. The lowest BCUT2D eigenvalue weighted by atomic mass is 10.1. The summed E-state index contributed by atoms with van der Waals surface area (Å²) in [5, 5.41) is 5.63. The van der Waals surface area contributed by atoms with Gasteiger partial charge in [0, 0.05) is 18.1 Å². The Kier molecular flexibility index (Phi) is 9.48. The van der Waals surface area contributed by atoms with Crippen molar-refractivity contribution in [2.75, 3.05) is 30.5 Å². The number of carbonyl (C=O) groups is 3. The van der Waals surface area contributed by atoms with Crippen LogP contribution in [0.4, 0.5) is 11.4 Å². The summed E-state index contributed by atoms with van der Waals surface area (Å²) in [5.74, 6) is 0.140. The minimum Gasteiger partial charge on any atom is -0.490 e. The number of carbonyl (C=O) groups excluding carboxylic acids is 3. The van der Waals surface area contributed by atoms with Crippen molar-refractivity contribution in [3.63, 3.8) is 0 Å². The SMILES string of the molecule is CCOc1cc(C(=O)Nc2ccccc2NC(=O)c2cccc(OC(C)=O)c2)cc(OCC)c1OCC. The van der Waals surface area contributed by atoms with Crippen molar-refractivity contribution in [1.82, 2.24) is 0 Å². The summed E-state index contributed by atoms with van der Waals surface area (Å²) in [4.78, 5) is 37.3. The number of hydrogen-bond donors (Lipinski definition) is 2. The molecule has 0 radical (unpaired) electrons. The van der Waals surface area contributed by atoms with Gasteiger partial charge in [-0.2, -0.15) is 0 Å². The lowest BCUT2D eigenvalue weighted by Gasteiger charge is -2.17. The van der Waals surface area contributed by atoms with Gasteiger partial charge in [0.1, 0.15) is 5.75 Å². The second kappa shape index (κ2) is 13.0. The number of benzene rings is 3. The van der Waals surface area contributed by atoms with Crippen LogP contribution >= 0.6 is 0 Å². The average molecular weight is 507 g/mol. The molecule has 0 atom stereocenters. The molecular formula is C28H30N2O7. The van der Waals surface area contributed by atoms with E-state index in [4.69, 9.17) is 18.9 Å². The fourth-order valence-corrected chi connectivity index (χ4v) is 3.48. The van der Waals surface area contributed by atoms with E-state index in [0.29, 0.717) is 54.0 Å². The van der Waals surface area contributed by atoms with E-state index >= 15 is 0 Å². The molecule has 0 aliphatic carbocycles. The van der Waals surface area contributed by atoms with Gasteiger partial charge >= 0.3 is 5.97 Å². The van der Waals surface area contributed by atoms with Crippen LogP contribution < -0.4 is 29.6 Å². The Bertz CT molecular complexity index is 1250. The summed E-state index contributed by atoms with van der Waals surface area (Å²) in [6, 6.07) is 16.2. The predicted molar refractivity (Wildman–Crippen MR) is 140 cm³/mol. The number of amides is 2. The quantitative estimate of drug-likeness (QED) is 0.268. The first-order chi connectivity index (χ1) is 17.9. The highest BCUT2D eigenvalue weighted by Crippen LogP contribution is 2.39. The lowest BCUT2D eigenvalue weighted by Crippen LogP contribution is -2.17. The molecule has 0 aromatic heterocycles. The first-order valence-corrected chi connectivity index (χ1v) is 11.9. The van der Waals surface area contributed by atoms with E-state index in [-0.39, 0.29) is 11.3 Å². The molecule has 0 aliphatic heterocycles. The number of nitrogens with one attached hydrogen (secondary N) is 2. The van der Waals surface area contributed by atoms with Gasteiger partial charge in [-0.25, -0.2) is 0 Å². The summed E-state index contributed by atoms with van der Waals surface area (Å²) in [6.07, 6.45) is 0. The van der Waals surface area contributed by atoms with Gasteiger partial charge in [-0.05, 0) is 63.2 Å². The molecule has 3 aromatic carbocycles. The number of para-hydroxylation sites is 2. The molecule has 0 bridgehead atoms. The Morgan fingerprint density at radius 2 is 1.22 bits per heavy atom. The van der Waals surface area contributed by atoms with E-state index < -0.39 is 17.8 Å². The molecule has 0 fully saturated rings. The van der Waals surface area contributed by atoms with Gasteiger partial charge in [-0.15, -0.1) is 0 Å². The molecule has 9 heteroatoms. The smallest absolute Gasteiger partial charge is 0.308 e. The molecule has 0 saturated heterocycles. The highest BCUT2D eigenvalue weighted by molar-refractivity contribution is 6.10. The second-order valence-corrected chi connectivity index (χ2v) is 7.68. The van der Waals surface area contributed by atoms with Gasteiger partial charge in [0.25, 0.3) is 11.8 Å². The van der Waals surface area contributed by atoms with Crippen molar-refractivity contribution in [2.24, 2.45) is 0 Å². The van der Waals surface area contributed by atoms with E-state index in [9.17, 15) is 14.4 Å². The third-order valence-electron chi connectivity index (χ3n) is 4.95. The maximum absolute atomic E-state index is 13.2. The van der Waals surface area contributed by atoms with Crippen LogP contribution in [0, 0.1) is 0 Å². The maximum Gasteiger partial charge on any atom is 0.308 e. The van der Waals surface area contributed by atoms with Gasteiger partial charge in [-0.1, -0.05) is 18.2 Å². The van der Waals surface area contributed by atoms with Crippen LogP contribution in [0.15, 0.2) is 60.7 Å². The first kappa shape index (κ1) is 27.1. The van der Waals surface area contributed by atoms with Crippen molar-refractivity contribution >= 4 is 29.2 Å². The lowest BCUT2D eigenvalue weighted by molar-refractivity contribution is -0.131. The highest BCUT2D eigenvalue weighted by atomic mass is 16.5. The van der Waals surface area contributed by atoms with Gasteiger partial charge in [0.2, 0.25) is 5.75 Å². The predicted octanol–water partition coefficient (Wildman–Crippen LogP) is 5.31. The van der Waals surface area contributed by atoms with Gasteiger partial charge in [0.15, 0.2) is 11.5 Å². The first-order valence-electron chi connectivity index (χ1n) is 11.9. The molecule has 3 aromatic rings. The zero-order valence-electron chi connectivity index (χ0n) is 21.3. The van der Waals surface area contributed by atoms with Crippen LogP contribution in [0.2, 0.25) is 0 Å². The van der Waals surface area contributed by atoms with Gasteiger partial charge in [0.05, 0.1) is 31.2 Å². The number of esters is 1. The van der Waals surface area contributed by atoms with Crippen molar-refractivity contribution in [3.05, 3.63) is 71.8 Å². The minimum absolute atomic E-state index is 0.257. The molecule has 0 spiro atoms. The third kappa shape index (κ3) is 7.23. The highest BCUT2D eigenvalue weighted by Gasteiger charge is 2.19. The Hall–Kier alpha value is -4.53. The van der Waals surface area contributed by atoms with Crippen LogP contribution in [-0.4, -0.2) is 37.6 Å². The normalized spacial score (nSPS) is 10.3. The molecular weight excluding hydrogens is 476 g/mol. The summed E-state index contributed by atoms with van der Waals surface area (Å²) in [6.45, 7) is 7.97. The van der Waals surface area contributed by atoms with E-state index in [1.165, 1.54) is 13.0 Å². The molecule has 194 valence electrons. The molecule has 0 saturated carbocycles. The molecule has 37 heavy (non-hydrogen) atoms. The van der Waals surface area contributed by atoms with Crippen LogP contribution in [0.5, 0.6) is 23.0 Å². The van der Waals surface area contributed by atoms with Gasteiger partial charge < -0.3 is 29.6 Å². The molecule has 0 aliphatic rings. The molecule has 2 amide bonds. The van der Waals surface area contributed by atoms with Crippen molar-refractivity contribution in [1.29, 1.82) is 0 Å². The monoisotopic (exact) mass is 506 g/mol. The Labute approximate surface area is 215 Å². The molecule has 3 rings (SSSR count). The fourth-order valence-electron chi connectivity index (χ4n) is 3.48. The van der Waals surface area contributed by atoms with Crippen LogP contribution in [0.1, 0.15) is 48.4 Å². The number of anilines is 2. The second-order valence-electron chi connectivity index (χ2n) is 7.68. The zero-order chi connectivity index (χ0) is 26.8. The van der Waals surface area contributed by atoms with Crippen LogP contribution in [-0.2, 0) is 4.79 Å². The Morgan fingerprint density at radius 3 is 1.73 bits per heavy atom. The minimum atomic E-state index is -0.486. The van der Waals surface area contributed by atoms with E-state index in [2.05, 4.69) is 10.6 Å².